The summed E-state index contributed by atoms with van der Waals surface area (Å²) in [6.07, 6.45) is 2.66. The summed E-state index contributed by atoms with van der Waals surface area (Å²) in [6.45, 7) is 1.80. The zero-order valence-corrected chi connectivity index (χ0v) is 6.75. The molecule has 9 heavy (non-hydrogen) atoms. The van der Waals surface area contributed by atoms with Crippen LogP contribution in [0, 0.1) is 0 Å². The Hall–Kier alpha value is 0.230. The molecule has 3 nitrogen and oxygen atoms in total. The van der Waals surface area contributed by atoms with Crippen LogP contribution in [0.25, 0.3) is 0 Å². The van der Waals surface area contributed by atoms with E-state index in [1.54, 1.807) is 6.26 Å². The van der Waals surface area contributed by atoms with Crippen LogP contribution in [0.3, 0.4) is 0 Å². The van der Waals surface area contributed by atoms with Crippen LogP contribution in [0.5, 0.6) is 0 Å². The maximum Gasteiger partial charge on any atom is 0.115 e. The van der Waals surface area contributed by atoms with Crippen LogP contribution in [0.4, 0.5) is 0 Å². The van der Waals surface area contributed by atoms with Crippen LogP contribution in [0.2, 0.25) is 0 Å². The van der Waals surface area contributed by atoms with Gasteiger partial charge in [0.1, 0.15) is 6.26 Å². The van der Waals surface area contributed by atoms with Gasteiger partial charge in [-0.1, -0.05) is 0 Å². The van der Waals surface area contributed by atoms with Gasteiger partial charge in [-0.2, -0.15) is 0 Å². The van der Waals surface area contributed by atoms with E-state index >= 15 is 0 Å². The molecule has 0 heterocycles. The summed E-state index contributed by atoms with van der Waals surface area (Å²) in [5.41, 5.74) is 0. The Kier molecular flexibility index (Phi) is 6.51. The van der Waals surface area contributed by atoms with Gasteiger partial charge in [-0.15, -0.1) is 4.72 Å². The Bertz CT molecular complexity index is 60.9. The first kappa shape index (κ1) is 9.23. The second-order valence-electron chi connectivity index (χ2n) is 1.81. The zero-order valence-electron chi connectivity index (χ0n) is 5.94. The molecule has 0 bridgehead atoms. The van der Waals surface area contributed by atoms with Gasteiger partial charge in [0, 0.05) is 17.9 Å². The second kappa shape index (κ2) is 6.35. The highest BCUT2D eigenvalue weighted by Crippen LogP contribution is 1.76. The van der Waals surface area contributed by atoms with Crippen molar-refractivity contribution in [2.75, 3.05) is 26.4 Å². The standard InChI is InChI=1S/C5H14N2OS/c1-6-4-3-5-7-9(2)8/h6-7H,3-5H2,1-2H3. The van der Waals surface area contributed by atoms with Crippen molar-refractivity contribution >= 4 is 11.4 Å². The molecule has 0 fully saturated rings. The van der Waals surface area contributed by atoms with Crippen molar-refractivity contribution in [2.24, 2.45) is 0 Å². The summed E-state index contributed by atoms with van der Waals surface area (Å²) in [4.78, 5) is 0. The van der Waals surface area contributed by atoms with Gasteiger partial charge in [0.05, 0.1) is 0 Å². The van der Waals surface area contributed by atoms with E-state index in [1.165, 1.54) is 0 Å². The molecule has 0 aromatic carbocycles. The molecule has 0 amide bonds. The van der Waals surface area contributed by atoms with Crippen LogP contribution in [0.1, 0.15) is 6.42 Å². The predicted molar refractivity (Wildman–Crippen MR) is 40.6 cm³/mol. The Morgan fingerprint density at radius 1 is 1.44 bits per heavy atom. The molecule has 0 aliphatic carbocycles. The van der Waals surface area contributed by atoms with Crippen LogP contribution >= 0.6 is 0 Å². The van der Waals surface area contributed by atoms with Gasteiger partial charge >= 0.3 is 0 Å². The molecule has 0 radical (unpaired) electrons. The Morgan fingerprint density at radius 3 is 2.56 bits per heavy atom. The summed E-state index contributed by atoms with van der Waals surface area (Å²) in [5.74, 6) is 0. The lowest BCUT2D eigenvalue weighted by Crippen LogP contribution is -2.25. The summed E-state index contributed by atoms with van der Waals surface area (Å²) >= 11 is -0.847. The lowest BCUT2D eigenvalue weighted by atomic mass is 10.4. The molecular formula is C5H14N2OS. The largest absolute Gasteiger partial charge is 0.598 e. The Morgan fingerprint density at radius 2 is 2.11 bits per heavy atom. The smallest absolute Gasteiger partial charge is 0.115 e. The molecule has 0 saturated heterocycles. The fourth-order valence-corrected chi connectivity index (χ4v) is 0.913. The topological polar surface area (TPSA) is 47.1 Å². The minimum Gasteiger partial charge on any atom is -0.598 e. The van der Waals surface area contributed by atoms with Crippen LogP contribution in [0.15, 0.2) is 0 Å². The number of hydrogen-bond acceptors (Lipinski definition) is 3. The predicted octanol–water partition coefficient (Wildman–Crippen LogP) is -0.521. The molecule has 0 rings (SSSR count). The highest BCUT2D eigenvalue weighted by atomic mass is 32.2. The fourth-order valence-electron chi connectivity index (χ4n) is 0.481. The van der Waals surface area contributed by atoms with E-state index in [0.717, 1.165) is 19.5 Å². The molecule has 0 aliphatic heterocycles. The molecule has 0 aromatic heterocycles. The SMILES string of the molecule is CNCCCN[S+](C)[O-]. The van der Waals surface area contributed by atoms with Gasteiger partial charge in [-0.3, -0.25) is 0 Å². The molecule has 0 aliphatic rings. The Labute approximate surface area is 59.5 Å². The van der Waals surface area contributed by atoms with Gasteiger partial charge in [-0.05, 0) is 20.0 Å². The van der Waals surface area contributed by atoms with Crippen molar-refractivity contribution in [3.05, 3.63) is 0 Å². The molecular weight excluding hydrogens is 136 g/mol. The van der Waals surface area contributed by atoms with Gasteiger partial charge in [0.15, 0.2) is 0 Å². The first-order valence-corrected chi connectivity index (χ1v) is 4.54. The average molecular weight is 150 g/mol. The summed E-state index contributed by atoms with van der Waals surface area (Å²) in [6, 6.07) is 0. The van der Waals surface area contributed by atoms with E-state index in [2.05, 4.69) is 10.0 Å². The fraction of sp³-hybridized carbons (Fsp3) is 1.00. The first-order chi connectivity index (χ1) is 4.27. The maximum absolute atomic E-state index is 10.4. The lowest BCUT2D eigenvalue weighted by molar-refractivity contribution is 0.582. The summed E-state index contributed by atoms with van der Waals surface area (Å²) in [7, 11) is 1.91. The van der Waals surface area contributed by atoms with E-state index in [-0.39, 0.29) is 0 Å². The van der Waals surface area contributed by atoms with Gasteiger partial charge in [-0.25, -0.2) is 0 Å². The quantitative estimate of drug-likeness (QED) is 0.409. The van der Waals surface area contributed by atoms with E-state index in [0.29, 0.717) is 0 Å². The summed E-state index contributed by atoms with van der Waals surface area (Å²) in [5, 5.41) is 3.00. The lowest BCUT2D eigenvalue weighted by Gasteiger charge is -2.04. The van der Waals surface area contributed by atoms with E-state index < -0.39 is 11.4 Å². The third kappa shape index (κ3) is 8.23. The highest BCUT2D eigenvalue weighted by molar-refractivity contribution is 7.88. The van der Waals surface area contributed by atoms with E-state index in [1.807, 2.05) is 7.05 Å². The maximum atomic E-state index is 10.4. The molecule has 56 valence electrons. The van der Waals surface area contributed by atoms with E-state index in [9.17, 15) is 4.55 Å². The normalized spacial score (nSPS) is 13.7. The number of nitrogens with one attached hydrogen (secondary N) is 2. The average Bonchev–Trinajstić information content (AvgIpc) is 1.80. The monoisotopic (exact) mass is 150 g/mol. The second-order valence-corrected chi connectivity index (χ2v) is 3.00. The molecule has 4 heteroatoms. The molecule has 2 N–H and O–H groups in total. The molecule has 1 unspecified atom stereocenters. The van der Waals surface area contributed by atoms with Crippen LogP contribution in [-0.2, 0) is 11.4 Å². The van der Waals surface area contributed by atoms with Crippen LogP contribution in [-0.4, -0.2) is 30.9 Å². The van der Waals surface area contributed by atoms with Gasteiger partial charge in [0.2, 0.25) is 0 Å². The number of rotatable bonds is 5. The minimum absolute atomic E-state index is 0.823. The van der Waals surface area contributed by atoms with Gasteiger partial charge in [0.25, 0.3) is 0 Å². The first-order valence-electron chi connectivity index (χ1n) is 2.99. The van der Waals surface area contributed by atoms with Crippen molar-refractivity contribution < 1.29 is 4.55 Å². The van der Waals surface area contributed by atoms with Crippen molar-refractivity contribution in [1.82, 2.24) is 10.0 Å². The van der Waals surface area contributed by atoms with E-state index in [4.69, 9.17) is 0 Å². The Balaban J connectivity index is 2.75. The number of hydrogen-bond donors (Lipinski definition) is 2. The third-order valence-electron chi connectivity index (χ3n) is 0.909. The van der Waals surface area contributed by atoms with Crippen LogP contribution < -0.4 is 10.0 Å². The van der Waals surface area contributed by atoms with Gasteiger partial charge < -0.3 is 9.87 Å². The minimum atomic E-state index is -0.847. The summed E-state index contributed by atoms with van der Waals surface area (Å²) < 4.78 is 13.2. The van der Waals surface area contributed by atoms with Crippen molar-refractivity contribution in [3.63, 3.8) is 0 Å². The molecule has 0 aromatic rings. The third-order valence-corrected chi connectivity index (χ3v) is 1.52. The van der Waals surface area contributed by atoms with Crippen molar-refractivity contribution in [1.29, 1.82) is 0 Å². The zero-order chi connectivity index (χ0) is 7.11. The molecule has 0 saturated carbocycles. The van der Waals surface area contributed by atoms with Crippen molar-refractivity contribution in [2.45, 2.75) is 6.42 Å². The highest BCUT2D eigenvalue weighted by Gasteiger charge is 1.92. The van der Waals surface area contributed by atoms with Crippen molar-refractivity contribution in [3.8, 4) is 0 Å². The molecule has 0 spiro atoms. The molecule has 1 atom stereocenters.